The van der Waals surface area contributed by atoms with Gasteiger partial charge in [-0.15, -0.1) is 0 Å². The monoisotopic (exact) mass is 509 g/mol. The zero-order valence-corrected chi connectivity index (χ0v) is 23.1. The van der Waals surface area contributed by atoms with E-state index in [2.05, 4.69) is 23.1 Å². The number of esters is 1. The van der Waals surface area contributed by atoms with Gasteiger partial charge in [0.2, 0.25) is 0 Å². The Kier molecular flexibility index (Phi) is 9.64. The van der Waals surface area contributed by atoms with E-state index in [4.69, 9.17) is 23.4 Å². The maximum Gasteiger partial charge on any atom is 0.349 e. The fraction of sp³-hybridized carbons (Fsp3) is 0.433. The molecule has 1 aromatic heterocycles. The fourth-order valence-electron chi connectivity index (χ4n) is 4.31. The van der Waals surface area contributed by atoms with E-state index in [9.17, 15) is 4.79 Å². The predicted molar refractivity (Wildman–Crippen MR) is 143 cm³/mol. The highest BCUT2D eigenvalue weighted by Crippen LogP contribution is 2.30. The lowest BCUT2D eigenvalue weighted by Crippen LogP contribution is -2.40. The van der Waals surface area contributed by atoms with Crippen LogP contribution in [0, 0.1) is 13.8 Å². The summed E-state index contributed by atoms with van der Waals surface area (Å²) in [5.74, 6) is 2.70. The molecule has 7 nitrogen and oxygen atoms in total. The number of benzene rings is 2. The first-order valence-electron chi connectivity index (χ1n) is 12.6. The molecule has 2 aromatic carbocycles. The molecule has 0 spiro atoms. The molecule has 0 bridgehead atoms. The van der Waals surface area contributed by atoms with Gasteiger partial charge in [0.25, 0.3) is 0 Å². The van der Waals surface area contributed by atoms with Gasteiger partial charge in [-0.2, -0.15) is 0 Å². The van der Waals surface area contributed by atoms with Crippen LogP contribution in [0.3, 0.4) is 0 Å². The zero-order valence-electron chi connectivity index (χ0n) is 23.1. The van der Waals surface area contributed by atoms with Crippen molar-refractivity contribution in [3.63, 3.8) is 0 Å². The lowest BCUT2D eigenvalue weighted by atomic mass is 10.0. The molecule has 0 N–H and O–H groups in total. The van der Waals surface area contributed by atoms with Crippen LogP contribution in [0.1, 0.15) is 48.8 Å². The van der Waals surface area contributed by atoms with Crippen LogP contribution in [0.4, 0.5) is 0 Å². The van der Waals surface area contributed by atoms with E-state index in [1.54, 1.807) is 41.3 Å². The highest BCUT2D eigenvalue weighted by molar-refractivity contribution is 5.79. The normalized spacial score (nSPS) is 11.5. The van der Waals surface area contributed by atoms with Gasteiger partial charge in [0.05, 0.1) is 33.6 Å². The van der Waals surface area contributed by atoms with Gasteiger partial charge in [-0.3, -0.25) is 4.90 Å². The van der Waals surface area contributed by atoms with Crippen molar-refractivity contribution >= 4 is 5.97 Å². The van der Waals surface area contributed by atoms with Crippen LogP contribution in [-0.4, -0.2) is 43.8 Å². The Morgan fingerprint density at radius 2 is 1.65 bits per heavy atom. The summed E-state index contributed by atoms with van der Waals surface area (Å²) in [5, 5.41) is 0. The number of nitrogens with zero attached hydrogens (tertiary/aromatic N) is 1. The third-order valence-corrected chi connectivity index (χ3v) is 6.17. The number of ether oxygens (including phenoxy) is 4. The molecule has 0 saturated heterocycles. The number of rotatable bonds is 13. The summed E-state index contributed by atoms with van der Waals surface area (Å²) < 4.78 is 27.8. The second kappa shape index (κ2) is 12.7. The van der Waals surface area contributed by atoms with Gasteiger partial charge < -0.3 is 23.4 Å². The fourth-order valence-corrected chi connectivity index (χ4v) is 4.31. The van der Waals surface area contributed by atoms with E-state index in [-0.39, 0.29) is 5.97 Å². The third kappa shape index (κ3) is 7.52. The molecule has 200 valence electrons. The lowest BCUT2D eigenvalue weighted by molar-refractivity contribution is -0.158. The Morgan fingerprint density at radius 1 is 0.946 bits per heavy atom. The van der Waals surface area contributed by atoms with E-state index in [1.165, 1.54) is 5.56 Å². The topological polar surface area (TPSA) is 70.4 Å². The van der Waals surface area contributed by atoms with Crippen molar-refractivity contribution in [2.24, 2.45) is 0 Å². The summed E-state index contributed by atoms with van der Waals surface area (Å²) in [4.78, 5) is 14.7. The van der Waals surface area contributed by atoms with Gasteiger partial charge in [0.15, 0.2) is 17.1 Å². The Morgan fingerprint density at radius 3 is 2.24 bits per heavy atom. The first kappa shape index (κ1) is 28.1. The molecule has 3 rings (SSSR count). The molecule has 1 heterocycles. The number of hydrogen-bond acceptors (Lipinski definition) is 7. The van der Waals surface area contributed by atoms with E-state index < -0.39 is 5.60 Å². The Hall–Kier alpha value is -3.45. The Balaban J connectivity index is 1.77. The number of carbonyl (C=O) groups is 1. The van der Waals surface area contributed by atoms with E-state index >= 15 is 0 Å². The van der Waals surface area contributed by atoms with Crippen molar-refractivity contribution in [2.75, 3.05) is 27.4 Å². The van der Waals surface area contributed by atoms with Gasteiger partial charge in [-0.1, -0.05) is 18.2 Å². The third-order valence-electron chi connectivity index (χ3n) is 6.17. The minimum atomic E-state index is -1.07. The smallest absolute Gasteiger partial charge is 0.349 e. The molecule has 0 atom stereocenters. The molecule has 0 radical (unpaired) electrons. The van der Waals surface area contributed by atoms with Gasteiger partial charge >= 0.3 is 5.97 Å². The molecule has 0 aliphatic heterocycles. The van der Waals surface area contributed by atoms with Crippen LogP contribution in [0.2, 0.25) is 0 Å². The second-order valence-electron chi connectivity index (χ2n) is 9.62. The highest BCUT2D eigenvalue weighted by atomic mass is 16.6. The van der Waals surface area contributed by atoms with E-state index in [0.29, 0.717) is 18.9 Å². The first-order chi connectivity index (χ1) is 17.7. The Labute approximate surface area is 220 Å². The predicted octanol–water partition coefficient (Wildman–Crippen LogP) is 5.88. The van der Waals surface area contributed by atoms with Crippen LogP contribution < -0.4 is 14.2 Å². The van der Waals surface area contributed by atoms with Crippen LogP contribution in [0.25, 0.3) is 0 Å². The second-order valence-corrected chi connectivity index (χ2v) is 9.62. The maximum absolute atomic E-state index is 12.3. The maximum atomic E-state index is 12.3. The minimum absolute atomic E-state index is 0.317. The molecule has 0 aliphatic carbocycles. The summed E-state index contributed by atoms with van der Waals surface area (Å²) >= 11 is 0. The van der Waals surface area contributed by atoms with Crippen LogP contribution in [0.15, 0.2) is 53.1 Å². The van der Waals surface area contributed by atoms with Gasteiger partial charge in [0, 0.05) is 13.1 Å². The van der Waals surface area contributed by atoms with Gasteiger partial charge in [-0.05, 0) is 87.6 Å². The summed E-state index contributed by atoms with van der Waals surface area (Å²) in [6.07, 6.45) is 2.54. The number of carbonyl (C=O) groups excluding carboxylic acids is 1. The molecular formula is C30H39NO6. The number of furan rings is 1. The van der Waals surface area contributed by atoms with Gasteiger partial charge in [-0.25, -0.2) is 4.79 Å². The molecule has 37 heavy (non-hydrogen) atoms. The van der Waals surface area contributed by atoms with Crippen LogP contribution >= 0.6 is 0 Å². The van der Waals surface area contributed by atoms with Crippen molar-refractivity contribution in [3.05, 3.63) is 76.7 Å². The van der Waals surface area contributed by atoms with Crippen LogP contribution in [0.5, 0.6) is 17.2 Å². The summed E-state index contributed by atoms with van der Waals surface area (Å²) in [6.45, 7) is 11.8. The summed E-state index contributed by atoms with van der Waals surface area (Å²) in [7, 11) is 3.29. The van der Waals surface area contributed by atoms with E-state index in [0.717, 1.165) is 53.5 Å². The largest absolute Gasteiger partial charge is 0.493 e. The molecule has 3 aromatic rings. The van der Waals surface area contributed by atoms with Crippen molar-refractivity contribution in [1.82, 2.24) is 4.90 Å². The average molecular weight is 510 g/mol. The van der Waals surface area contributed by atoms with Crippen molar-refractivity contribution in [2.45, 2.75) is 59.7 Å². The highest BCUT2D eigenvalue weighted by Gasteiger charge is 2.32. The zero-order chi connectivity index (χ0) is 27.0. The average Bonchev–Trinajstić information content (AvgIpc) is 3.38. The van der Waals surface area contributed by atoms with E-state index in [1.807, 2.05) is 38.1 Å². The molecule has 0 aliphatic rings. The molecule has 0 fully saturated rings. The number of hydrogen-bond donors (Lipinski definition) is 0. The van der Waals surface area contributed by atoms with Crippen molar-refractivity contribution < 1.29 is 28.2 Å². The number of methoxy groups -OCH3 is 2. The molecule has 0 saturated carbocycles. The summed E-state index contributed by atoms with van der Waals surface area (Å²) in [6, 6.07) is 14.2. The molecule has 0 unspecified atom stereocenters. The quantitative estimate of drug-likeness (QED) is 0.267. The minimum Gasteiger partial charge on any atom is -0.493 e. The lowest BCUT2D eigenvalue weighted by Gasteiger charge is -2.27. The SMILES string of the molecule is CCOC(=O)C(C)(C)Oc1c(C)cc(CN(CCc2ccc(OC)c(OC)c2)Cc2ccco2)cc1C. The molecular weight excluding hydrogens is 470 g/mol. The number of aryl methyl sites for hydroxylation is 2. The Bertz CT molecular complexity index is 1150. The van der Waals surface area contributed by atoms with Crippen molar-refractivity contribution in [3.8, 4) is 17.2 Å². The standard InChI is InChI=1S/C30H39NO6/c1-8-35-29(32)30(4,5)37-28-21(2)16-24(17-22(28)3)19-31(20-25-10-9-15-36-25)14-13-23-11-12-26(33-6)27(18-23)34-7/h9-12,15-18H,8,13-14,19-20H2,1-7H3. The van der Waals surface area contributed by atoms with Crippen LogP contribution in [-0.2, 0) is 29.0 Å². The molecule has 0 amide bonds. The molecule has 7 heteroatoms. The summed E-state index contributed by atoms with van der Waals surface area (Å²) in [5.41, 5.74) is 3.21. The van der Waals surface area contributed by atoms with Crippen molar-refractivity contribution in [1.29, 1.82) is 0 Å². The first-order valence-corrected chi connectivity index (χ1v) is 12.6. The van der Waals surface area contributed by atoms with Gasteiger partial charge in [0.1, 0.15) is 11.5 Å².